The highest BCUT2D eigenvalue weighted by molar-refractivity contribution is 4.77. The van der Waals surface area contributed by atoms with E-state index in [2.05, 4.69) is 0 Å². The van der Waals surface area contributed by atoms with E-state index in [4.69, 9.17) is 15.6 Å². The molecule has 0 aromatic carbocycles. The molecule has 0 aliphatic heterocycles. The number of nitrogens with one attached hydrogen (secondary N) is 1. The lowest BCUT2D eigenvalue weighted by Crippen LogP contribution is -2.23. The number of imidazole rings is 1. The summed E-state index contributed by atoms with van der Waals surface area (Å²) < 4.78 is 3.87. The molecule has 0 saturated heterocycles. The van der Waals surface area contributed by atoms with Gasteiger partial charge in [0.15, 0.2) is 12.4 Å². The average Bonchev–Trinajstić information content (AvgIpc) is 2.55. The molecule has 0 atom stereocenters. The van der Waals surface area contributed by atoms with Crippen LogP contribution in [0.25, 0.3) is 0 Å². The molecular weight excluding hydrogens is 182 g/mol. The molecule has 1 heterocycles. The van der Waals surface area contributed by atoms with Crippen LogP contribution < -0.4 is 9.88 Å². The van der Waals surface area contributed by atoms with Crippen LogP contribution in [-0.4, -0.2) is 16.3 Å². The molecule has 0 aliphatic carbocycles. The Kier molecular flexibility index (Phi) is 6.48. The molecule has 0 fully saturated rings. The van der Waals surface area contributed by atoms with E-state index in [1.165, 1.54) is 12.4 Å². The van der Waals surface area contributed by atoms with Gasteiger partial charge in [-0.15, -0.1) is 0 Å². The highest BCUT2D eigenvalue weighted by Crippen LogP contribution is 1.80. The maximum absolute atomic E-state index is 8.50. The predicted molar refractivity (Wildman–Crippen MR) is 47.1 cm³/mol. The van der Waals surface area contributed by atoms with E-state index in [-0.39, 0.29) is 6.61 Å². The summed E-state index contributed by atoms with van der Waals surface area (Å²) in [5, 5.41) is 25.2. The van der Waals surface area contributed by atoms with Crippen LogP contribution in [0.4, 0.5) is 0 Å². The number of aliphatic hydroxyl groups is 1. The molecule has 6 heteroatoms. The Bertz CT molecular complexity index is 320. The van der Waals surface area contributed by atoms with Crippen molar-refractivity contribution in [2.45, 2.75) is 6.54 Å². The average molecular weight is 194 g/mol. The molecule has 0 amide bonds. The fourth-order valence-electron chi connectivity index (χ4n) is 0.774. The summed E-state index contributed by atoms with van der Waals surface area (Å²) in [7, 11) is 1.95. The summed E-state index contributed by atoms with van der Waals surface area (Å²) in [4.78, 5) is 0. The molecule has 6 nitrogen and oxygen atoms in total. The highest BCUT2D eigenvalue weighted by Gasteiger charge is 1.95. The maximum Gasteiger partial charge on any atom is 0.243 e. The minimum atomic E-state index is 0.203. The molecule has 1 aromatic rings. The fraction of sp³-hybridized carbons (Fsp3) is 0.375. The Morgan fingerprint density at radius 3 is 2.43 bits per heavy atom. The molecule has 0 bridgehead atoms. The Morgan fingerprint density at radius 1 is 1.50 bits per heavy atom. The van der Waals surface area contributed by atoms with Crippen LogP contribution >= 0.6 is 0 Å². The lowest BCUT2D eigenvalue weighted by atomic mass is 10.7. The van der Waals surface area contributed by atoms with Gasteiger partial charge in [-0.1, -0.05) is 0 Å². The van der Waals surface area contributed by atoms with E-state index in [0.717, 1.165) is 0 Å². The number of nitriles is 2. The second-order valence-electron chi connectivity index (χ2n) is 2.39. The topological polar surface area (TPSA) is 88.7 Å². The van der Waals surface area contributed by atoms with Gasteiger partial charge in [0.1, 0.15) is 18.9 Å². The van der Waals surface area contributed by atoms with Crippen LogP contribution in [0, 0.1) is 22.9 Å². The van der Waals surface area contributed by atoms with Gasteiger partial charge in [-0.25, -0.2) is 14.5 Å². The number of hydrogen-bond acceptors (Lipinski definition) is 4. The summed E-state index contributed by atoms with van der Waals surface area (Å²) in [6.07, 6.45) is 8.61. The first-order valence-corrected chi connectivity index (χ1v) is 3.89. The summed E-state index contributed by atoms with van der Waals surface area (Å²) >= 11 is 0. The van der Waals surface area contributed by atoms with E-state index in [0.29, 0.717) is 6.54 Å². The van der Waals surface area contributed by atoms with Gasteiger partial charge >= 0.3 is 0 Å². The molecule has 0 saturated carbocycles. The third-order valence-corrected chi connectivity index (χ3v) is 1.29. The Labute approximate surface area is 82.2 Å². The molecule has 0 unspecified atom stereocenters. The quantitative estimate of drug-likeness (QED) is 0.353. The summed E-state index contributed by atoms with van der Waals surface area (Å²) in [6, 6.07) is 0. The third kappa shape index (κ3) is 5.58. The largest absolute Gasteiger partial charge is 0.392 e. The van der Waals surface area contributed by atoms with Gasteiger partial charge in [0.25, 0.3) is 0 Å². The third-order valence-electron chi connectivity index (χ3n) is 1.29. The summed E-state index contributed by atoms with van der Waals surface area (Å²) in [5.41, 5.74) is 0. The number of nitrogens with zero attached hydrogens (tertiary/aromatic N) is 4. The van der Waals surface area contributed by atoms with Gasteiger partial charge in [-0.2, -0.15) is 10.5 Å². The Hall–Kier alpha value is -2.05. The lowest BCUT2D eigenvalue weighted by Gasteiger charge is -1.86. The summed E-state index contributed by atoms with van der Waals surface area (Å²) in [6.45, 7) is 0.884. The van der Waals surface area contributed by atoms with Crippen LogP contribution in [0.15, 0.2) is 18.7 Å². The van der Waals surface area contributed by atoms with Crippen molar-refractivity contribution in [3.05, 3.63) is 18.7 Å². The number of aromatic nitrogens is 2. The van der Waals surface area contributed by atoms with E-state index in [9.17, 15) is 0 Å². The Balaban J connectivity index is 0.000000292. The van der Waals surface area contributed by atoms with E-state index in [1.807, 2.05) is 34.9 Å². The molecule has 1 aromatic heterocycles. The molecule has 0 aliphatic rings. The van der Waals surface area contributed by atoms with E-state index < -0.39 is 0 Å². The predicted octanol–water partition coefficient (Wildman–Crippen LogP) is -1.16. The van der Waals surface area contributed by atoms with Crippen molar-refractivity contribution in [1.29, 1.82) is 10.5 Å². The van der Waals surface area contributed by atoms with Crippen LogP contribution in [0.1, 0.15) is 0 Å². The molecule has 74 valence electrons. The van der Waals surface area contributed by atoms with Gasteiger partial charge in [-0.3, -0.25) is 0 Å². The first-order chi connectivity index (χ1) is 6.74. The van der Waals surface area contributed by atoms with Crippen molar-refractivity contribution in [3.63, 3.8) is 0 Å². The lowest BCUT2D eigenvalue weighted by molar-refractivity contribution is -0.671. The molecule has 0 spiro atoms. The number of rotatable bonds is 2. The molecule has 1 rings (SSSR count). The van der Waals surface area contributed by atoms with Crippen LogP contribution in [0.5, 0.6) is 0 Å². The SMILES string of the molecule is C[n+]1ccn(CCO)c1.N#CNC#N. The normalized spacial score (nSPS) is 7.71. The second kappa shape index (κ2) is 7.59. The van der Waals surface area contributed by atoms with Crippen molar-refractivity contribution < 1.29 is 9.67 Å². The zero-order valence-electron chi connectivity index (χ0n) is 7.88. The zero-order chi connectivity index (χ0) is 10.8. The highest BCUT2D eigenvalue weighted by atomic mass is 16.3. The summed E-state index contributed by atoms with van der Waals surface area (Å²) in [5.74, 6) is 0. The fourth-order valence-corrected chi connectivity index (χ4v) is 0.774. The van der Waals surface area contributed by atoms with Crippen molar-refractivity contribution >= 4 is 0 Å². The van der Waals surface area contributed by atoms with Gasteiger partial charge in [0, 0.05) is 0 Å². The molecule has 0 radical (unpaired) electrons. The minimum Gasteiger partial charge on any atom is -0.392 e. The van der Waals surface area contributed by atoms with Gasteiger partial charge in [-0.05, 0) is 0 Å². The molecule has 14 heavy (non-hydrogen) atoms. The van der Waals surface area contributed by atoms with E-state index in [1.54, 1.807) is 5.32 Å². The Morgan fingerprint density at radius 2 is 2.14 bits per heavy atom. The maximum atomic E-state index is 8.50. The second-order valence-corrected chi connectivity index (χ2v) is 2.39. The molecule has 2 N–H and O–H groups in total. The van der Waals surface area contributed by atoms with Crippen LogP contribution in [-0.2, 0) is 13.6 Å². The van der Waals surface area contributed by atoms with Gasteiger partial charge in [0.05, 0.1) is 13.7 Å². The van der Waals surface area contributed by atoms with Crippen molar-refractivity contribution in [1.82, 2.24) is 9.88 Å². The van der Waals surface area contributed by atoms with Crippen LogP contribution in [0.2, 0.25) is 0 Å². The van der Waals surface area contributed by atoms with Crippen molar-refractivity contribution in [2.75, 3.05) is 6.61 Å². The minimum absolute atomic E-state index is 0.203. The van der Waals surface area contributed by atoms with Crippen molar-refractivity contribution in [3.8, 4) is 12.4 Å². The monoisotopic (exact) mass is 194 g/mol. The number of aliphatic hydroxyl groups excluding tert-OH is 1. The van der Waals surface area contributed by atoms with Crippen molar-refractivity contribution in [2.24, 2.45) is 7.05 Å². The van der Waals surface area contributed by atoms with Gasteiger partial charge < -0.3 is 5.11 Å². The first-order valence-electron chi connectivity index (χ1n) is 3.89. The van der Waals surface area contributed by atoms with Crippen LogP contribution in [0.3, 0.4) is 0 Å². The molecular formula is C8H12N5O+. The smallest absolute Gasteiger partial charge is 0.243 e. The zero-order valence-corrected chi connectivity index (χ0v) is 7.88. The standard InChI is InChI=1S/C6H11N2O.C2HN3/c1-7-2-3-8(6-7)4-5-9;3-1-5-2-4/h2-3,6,9H,4-5H2,1H3;5H/q+1;. The van der Waals surface area contributed by atoms with E-state index >= 15 is 0 Å². The first kappa shape index (κ1) is 11.9. The number of aryl methyl sites for hydroxylation is 1. The van der Waals surface area contributed by atoms with Gasteiger partial charge in [0.2, 0.25) is 6.33 Å². The number of hydrogen-bond donors (Lipinski definition) is 2.